The molecule has 0 unspecified atom stereocenters. The van der Waals surface area contributed by atoms with Gasteiger partial charge in [0.1, 0.15) is 0 Å². The zero-order valence-electron chi connectivity index (χ0n) is 17.4. The van der Waals surface area contributed by atoms with Gasteiger partial charge in [0, 0.05) is 45.2 Å². The average Bonchev–Trinajstić information content (AvgIpc) is 2.59. The van der Waals surface area contributed by atoms with Gasteiger partial charge in [-0.25, -0.2) is 0 Å². The summed E-state index contributed by atoms with van der Waals surface area (Å²) in [6.45, 7) is 0. The molecule has 0 fully saturated rings. The number of hydrogen-bond donors (Lipinski definition) is 4. The van der Waals surface area contributed by atoms with Crippen molar-refractivity contribution in [2.24, 2.45) is 0 Å². The molecule has 0 heterocycles. The second kappa shape index (κ2) is 24.5. The molecule has 0 aliphatic rings. The van der Waals surface area contributed by atoms with Crippen molar-refractivity contribution in [2.75, 3.05) is 0 Å². The average molecular weight is 470 g/mol. The van der Waals surface area contributed by atoms with Crippen molar-refractivity contribution in [2.45, 2.75) is 103 Å². The predicted molar refractivity (Wildman–Crippen MR) is 104 cm³/mol. The number of carboxylic acids is 4. The first kappa shape index (κ1) is 32.2. The molecule has 0 aromatic heterocycles. The van der Waals surface area contributed by atoms with E-state index in [0.29, 0.717) is 0 Å². The minimum atomic E-state index is -0.740. The van der Waals surface area contributed by atoms with E-state index in [1.165, 1.54) is 0 Å². The smallest absolute Gasteiger partial charge is 0.303 e. The molecule has 0 rings (SSSR count). The SMILES string of the molecule is O=C(O)CCCCCCCCC(=O)O.O=C(O)CCCCCCCCC(=O)O.[Zn]. The minimum Gasteiger partial charge on any atom is -0.481 e. The van der Waals surface area contributed by atoms with E-state index in [9.17, 15) is 19.2 Å². The molecule has 0 bridgehead atoms. The summed E-state index contributed by atoms with van der Waals surface area (Å²) >= 11 is 0. The van der Waals surface area contributed by atoms with Gasteiger partial charge in [0.25, 0.3) is 0 Å². The Labute approximate surface area is 185 Å². The van der Waals surface area contributed by atoms with Gasteiger partial charge in [0.05, 0.1) is 0 Å². The first-order valence-electron chi connectivity index (χ1n) is 10.1. The molecule has 0 aromatic carbocycles. The summed E-state index contributed by atoms with van der Waals surface area (Å²) in [7, 11) is 0. The topological polar surface area (TPSA) is 149 Å². The van der Waals surface area contributed by atoms with Gasteiger partial charge in [-0.1, -0.05) is 51.4 Å². The van der Waals surface area contributed by atoms with Crippen LogP contribution in [-0.2, 0) is 38.7 Å². The number of rotatable bonds is 18. The van der Waals surface area contributed by atoms with E-state index >= 15 is 0 Å². The Balaban J connectivity index is -0.000000451. The van der Waals surface area contributed by atoms with Crippen molar-refractivity contribution in [3.8, 4) is 0 Å². The second-order valence-corrected chi connectivity index (χ2v) is 6.82. The zero-order valence-corrected chi connectivity index (χ0v) is 20.4. The molecule has 0 saturated heterocycles. The van der Waals surface area contributed by atoms with Crippen molar-refractivity contribution >= 4 is 23.9 Å². The van der Waals surface area contributed by atoms with Crippen LogP contribution in [0.2, 0.25) is 0 Å². The summed E-state index contributed by atoms with van der Waals surface area (Å²) in [5.41, 5.74) is 0. The molecule has 0 saturated carbocycles. The molecule has 4 N–H and O–H groups in total. The fraction of sp³-hybridized carbons (Fsp3) is 0.800. The van der Waals surface area contributed by atoms with Gasteiger partial charge in [-0.15, -0.1) is 0 Å². The fourth-order valence-corrected chi connectivity index (χ4v) is 2.52. The molecule has 0 atom stereocenters. The third-order valence-corrected chi connectivity index (χ3v) is 4.06. The Kier molecular flexibility index (Phi) is 27.2. The van der Waals surface area contributed by atoms with Crippen LogP contribution in [0.4, 0.5) is 0 Å². The molecule has 0 radical (unpaired) electrons. The number of hydrogen-bond acceptors (Lipinski definition) is 4. The molecule has 0 spiro atoms. The molecular formula is C20H36O8Zn. The summed E-state index contributed by atoms with van der Waals surface area (Å²) in [5.74, 6) is -2.96. The van der Waals surface area contributed by atoms with Crippen molar-refractivity contribution in [3.05, 3.63) is 0 Å². The van der Waals surface area contributed by atoms with E-state index in [-0.39, 0.29) is 45.2 Å². The third kappa shape index (κ3) is 37.9. The van der Waals surface area contributed by atoms with Crippen LogP contribution < -0.4 is 0 Å². The number of carbonyl (C=O) groups is 4. The minimum absolute atomic E-state index is 0. The van der Waals surface area contributed by atoms with E-state index < -0.39 is 23.9 Å². The summed E-state index contributed by atoms with van der Waals surface area (Å²) in [6.07, 6.45) is 11.6. The second-order valence-electron chi connectivity index (χ2n) is 6.82. The van der Waals surface area contributed by atoms with Crippen molar-refractivity contribution in [3.63, 3.8) is 0 Å². The first-order chi connectivity index (χ1) is 13.3. The Hall–Kier alpha value is -1.50. The van der Waals surface area contributed by atoms with Gasteiger partial charge in [-0.2, -0.15) is 0 Å². The quantitative estimate of drug-likeness (QED) is 0.169. The van der Waals surface area contributed by atoms with Crippen molar-refractivity contribution < 1.29 is 59.1 Å². The Morgan fingerprint density at radius 2 is 0.483 bits per heavy atom. The first-order valence-corrected chi connectivity index (χ1v) is 10.1. The molecular weight excluding hydrogens is 434 g/mol. The van der Waals surface area contributed by atoms with E-state index in [0.717, 1.165) is 77.0 Å². The fourth-order valence-electron chi connectivity index (χ4n) is 2.52. The van der Waals surface area contributed by atoms with Gasteiger partial charge < -0.3 is 20.4 Å². The third-order valence-electron chi connectivity index (χ3n) is 4.06. The van der Waals surface area contributed by atoms with Crippen LogP contribution >= 0.6 is 0 Å². The van der Waals surface area contributed by atoms with Crippen LogP contribution in [-0.4, -0.2) is 44.3 Å². The molecule has 0 aromatic rings. The maximum atomic E-state index is 10.1. The largest absolute Gasteiger partial charge is 0.481 e. The number of carboxylic acid groups (broad SMARTS) is 4. The summed E-state index contributed by atoms with van der Waals surface area (Å²) in [4.78, 5) is 40.6. The van der Waals surface area contributed by atoms with Crippen LogP contribution in [0.5, 0.6) is 0 Å². The molecule has 0 aliphatic carbocycles. The van der Waals surface area contributed by atoms with Gasteiger partial charge in [-0.05, 0) is 25.7 Å². The van der Waals surface area contributed by atoms with Gasteiger partial charge in [0.2, 0.25) is 0 Å². The Morgan fingerprint density at radius 3 is 0.621 bits per heavy atom. The van der Waals surface area contributed by atoms with Crippen molar-refractivity contribution in [1.29, 1.82) is 0 Å². The van der Waals surface area contributed by atoms with E-state index in [2.05, 4.69) is 0 Å². The normalized spacial score (nSPS) is 9.66. The van der Waals surface area contributed by atoms with Crippen molar-refractivity contribution in [1.82, 2.24) is 0 Å². The van der Waals surface area contributed by atoms with Crippen LogP contribution in [0.3, 0.4) is 0 Å². The summed E-state index contributed by atoms with van der Waals surface area (Å²) in [6, 6.07) is 0. The standard InChI is InChI=1S/2C10H18O4.Zn/c2*11-9(12)7-5-3-1-2-4-6-8-10(13)14;/h2*1-8H2,(H,11,12)(H,13,14);. The number of unbranched alkanes of at least 4 members (excludes halogenated alkanes) is 10. The molecule has 0 aliphatic heterocycles. The summed E-state index contributed by atoms with van der Waals surface area (Å²) < 4.78 is 0. The molecule has 166 valence electrons. The predicted octanol–water partition coefficient (Wildman–Crippen LogP) is 4.55. The van der Waals surface area contributed by atoms with Gasteiger partial charge >= 0.3 is 23.9 Å². The van der Waals surface area contributed by atoms with Crippen LogP contribution in [0, 0.1) is 0 Å². The monoisotopic (exact) mass is 468 g/mol. The van der Waals surface area contributed by atoms with Gasteiger partial charge in [0.15, 0.2) is 0 Å². The molecule has 0 amide bonds. The van der Waals surface area contributed by atoms with E-state index in [1.807, 2.05) is 0 Å². The van der Waals surface area contributed by atoms with Gasteiger partial charge in [-0.3, -0.25) is 19.2 Å². The van der Waals surface area contributed by atoms with E-state index in [1.54, 1.807) is 0 Å². The summed E-state index contributed by atoms with van der Waals surface area (Å²) in [5, 5.41) is 33.4. The Morgan fingerprint density at radius 1 is 0.345 bits per heavy atom. The number of aliphatic carboxylic acids is 4. The molecule has 8 nitrogen and oxygen atoms in total. The van der Waals surface area contributed by atoms with Crippen LogP contribution in [0.1, 0.15) is 103 Å². The van der Waals surface area contributed by atoms with E-state index in [4.69, 9.17) is 20.4 Å². The van der Waals surface area contributed by atoms with Crippen LogP contribution in [0.25, 0.3) is 0 Å². The molecule has 29 heavy (non-hydrogen) atoms. The van der Waals surface area contributed by atoms with Crippen LogP contribution in [0.15, 0.2) is 0 Å². The maximum Gasteiger partial charge on any atom is 0.303 e. The Bertz CT molecular complexity index is 360. The zero-order chi connectivity index (χ0) is 21.6. The maximum absolute atomic E-state index is 10.1. The molecule has 9 heteroatoms.